The molecule has 0 atom stereocenters. The second-order valence-corrected chi connectivity index (χ2v) is 16.0. The van der Waals surface area contributed by atoms with E-state index in [2.05, 4.69) is 150 Å². The average molecular weight is 769 g/mol. The molecule has 0 saturated carbocycles. The first kappa shape index (κ1) is 35.6. The number of hydrogen-bond acceptors (Lipinski definition) is 10. The van der Waals surface area contributed by atoms with Gasteiger partial charge in [-0.05, 0) is 111 Å². The van der Waals surface area contributed by atoms with Gasteiger partial charge in [-0.2, -0.15) is 0 Å². The van der Waals surface area contributed by atoms with Crippen LogP contribution in [0.1, 0.15) is 11.4 Å². The summed E-state index contributed by atoms with van der Waals surface area (Å²) in [5, 5.41) is 9.55. The maximum absolute atomic E-state index is 4.68. The van der Waals surface area contributed by atoms with Gasteiger partial charge in [0.15, 0.2) is 11.3 Å². The van der Waals surface area contributed by atoms with E-state index in [1.54, 1.807) is 23.5 Å². The van der Waals surface area contributed by atoms with E-state index in [1.165, 1.54) is 21.2 Å². The number of rotatable bonds is 10. The van der Waals surface area contributed by atoms with E-state index >= 15 is 0 Å². The maximum atomic E-state index is 4.68. The minimum Gasteiger partial charge on any atom is -0.368 e. The highest BCUT2D eigenvalue weighted by Gasteiger charge is 2.21. The molecule has 276 valence electrons. The van der Waals surface area contributed by atoms with Gasteiger partial charge in [-0.1, -0.05) is 59.9 Å². The van der Waals surface area contributed by atoms with Crippen LogP contribution in [-0.2, 0) is 0 Å². The summed E-state index contributed by atoms with van der Waals surface area (Å²) >= 11 is 3.53. The molecule has 1 aliphatic heterocycles. The van der Waals surface area contributed by atoms with Gasteiger partial charge >= 0.3 is 0 Å². The molecule has 0 unspecified atom stereocenters. The van der Waals surface area contributed by atoms with E-state index < -0.39 is 0 Å². The molecule has 8 aromatic rings. The van der Waals surface area contributed by atoms with Gasteiger partial charge in [0.1, 0.15) is 0 Å². The molecule has 1 saturated heterocycles. The summed E-state index contributed by atoms with van der Waals surface area (Å²) in [5.74, 6) is 0. The van der Waals surface area contributed by atoms with Crippen LogP contribution < -0.4 is 20.4 Å². The number of fused-ring (bicyclic) bond motifs is 2. The standard InChI is InChI=1S/C46H40N8S2/c1-31-13-17-37-39(21-23-47-45(37)49-31)51-41-29-33(15-19-43(41)55-35-9-5-3-6-10-35)53-25-27-54(28-26-53)34-16-20-44(56-36-11-7-4-8-12-36)42(30-34)52-40-22-24-48-46-38(40)18-14-32(2)50-46/h3-24,29-30H,25-28H2,1-2H3,(H,47,49,51)(H,48,50,52). The molecule has 56 heavy (non-hydrogen) atoms. The predicted octanol–water partition coefficient (Wildman–Crippen LogP) is 11.3. The lowest BCUT2D eigenvalue weighted by Crippen LogP contribution is -2.46. The zero-order chi connectivity index (χ0) is 37.8. The van der Waals surface area contributed by atoms with Crippen LogP contribution in [0.2, 0.25) is 0 Å². The number of benzene rings is 4. The van der Waals surface area contributed by atoms with Crippen molar-refractivity contribution in [1.82, 2.24) is 19.9 Å². The Morgan fingerprint density at radius 2 is 0.893 bits per heavy atom. The molecule has 0 aliphatic carbocycles. The Morgan fingerprint density at radius 3 is 1.32 bits per heavy atom. The number of nitrogens with one attached hydrogen (secondary N) is 2. The smallest absolute Gasteiger partial charge is 0.161 e. The first-order chi connectivity index (χ1) is 27.5. The van der Waals surface area contributed by atoms with Gasteiger partial charge in [0.05, 0.1) is 22.7 Å². The van der Waals surface area contributed by atoms with E-state index in [-0.39, 0.29) is 0 Å². The Kier molecular flexibility index (Phi) is 10.1. The van der Waals surface area contributed by atoms with Crippen LogP contribution in [0.3, 0.4) is 0 Å². The summed E-state index contributed by atoms with van der Waals surface area (Å²) in [6.07, 6.45) is 3.66. The quantitative estimate of drug-likeness (QED) is 0.140. The van der Waals surface area contributed by atoms with Crippen LogP contribution in [-0.4, -0.2) is 46.1 Å². The van der Waals surface area contributed by atoms with Gasteiger partial charge in [-0.25, -0.2) is 19.9 Å². The fourth-order valence-corrected chi connectivity index (χ4v) is 8.82. The number of piperazine rings is 1. The van der Waals surface area contributed by atoms with Crippen molar-refractivity contribution in [2.24, 2.45) is 0 Å². The third-order valence-corrected chi connectivity index (χ3v) is 12.1. The zero-order valence-corrected chi connectivity index (χ0v) is 32.8. The molecular formula is C46H40N8S2. The maximum Gasteiger partial charge on any atom is 0.161 e. The van der Waals surface area contributed by atoms with E-state index in [0.29, 0.717) is 0 Å². The van der Waals surface area contributed by atoms with Crippen LogP contribution >= 0.6 is 23.5 Å². The Labute approximate surface area is 335 Å². The fraction of sp³-hybridized carbons (Fsp3) is 0.130. The molecule has 1 fully saturated rings. The van der Waals surface area contributed by atoms with E-state index in [4.69, 9.17) is 0 Å². The van der Waals surface area contributed by atoms with Crippen molar-refractivity contribution in [3.8, 4) is 0 Å². The monoisotopic (exact) mass is 768 g/mol. The van der Waals surface area contributed by atoms with Crippen molar-refractivity contribution in [2.75, 3.05) is 46.6 Å². The van der Waals surface area contributed by atoms with Crippen LogP contribution in [0.4, 0.5) is 34.1 Å². The number of anilines is 6. The molecule has 10 heteroatoms. The highest BCUT2D eigenvalue weighted by Crippen LogP contribution is 2.41. The zero-order valence-electron chi connectivity index (χ0n) is 31.2. The largest absolute Gasteiger partial charge is 0.368 e. The highest BCUT2D eigenvalue weighted by atomic mass is 32.2. The second-order valence-electron chi connectivity index (χ2n) is 13.8. The number of aryl methyl sites for hydroxylation is 2. The molecule has 9 rings (SSSR count). The van der Waals surface area contributed by atoms with Crippen LogP contribution in [0.5, 0.6) is 0 Å². The summed E-state index contributed by atoms with van der Waals surface area (Å²) in [6, 6.07) is 47.0. The third-order valence-electron chi connectivity index (χ3n) is 9.90. The minimum absolute atomic E-state index is 0.741. The topological polar surface area (TPSA) is 82.1 Å². The Balaban J connectivity index is 0.979. The molecule has 2 N–H and O–H groups in total. The van der Waals surface area contributed by atoms with Crippen molar-refractivity contribution in [3.05, 3.63) is 157 Å². The SMILES string of the molecule is Cc1ccc2c(Nc3cc(N4CCN(c5ccc(Sc6ccccc6)c(Nc6ccnc7nc(C)ccc67)c5)CC4)ccc3Sc3ccccc3)ccnc2n1. The molecule has 5 heterocycles. The minimum atomic E-state index is 0.741. The van der Waals surface area contributed by atoms with Gasteiger partial charge in [0.2, 0.25) is 0 Å². The Hall–Kier alpha value is -6.10. The average Bonchev–Trinajstić information content (AvgIpc) is 3.23. The van der Waals surface area contributed by atoms with Crippen LogP contribution in [0.15, 0.2) is 165 Å². The summed E-state index contributed by atoms with van der Waals surface area (Å²) in [4.78, 5) is 28.1. The summed E-state index contributed by atoms with van der Waals surface area (Å²) < 4.78 is 0. The van der Waals surface area contributed by atoms with E-state index in [9.17, 15) is 0 Å². The molecule has 0 bridgehead atoms. The molecule has 0 radical (unpaired) electrons. The van der Waals surface area contributed by atoms with Crippen LogP contribution in [0, 0.1) is 13.8 Å². The predicted molar refractivity (Wildman–Crippen MR) is 234 cm³/mol. The molecule has 8 nitrogen and oxygen atoms in total. The summed E-state index contributed by atoms with van der Waals surface area (Å²) in [7, 11) is 0. The van der Waals surface area contributed by atoms with Crippen LogP contribution in [0.25, 0.3) is 22.1 Å². The van der Waals surface area contributed by atoms with Gasteiger partial charge < -0.3 is 20.4 Å². The Bertz CT molecular complexity index is 2460. The molecule has 4 aromatic carbocycles. The van der Waals surface area contributed by atoms with Gasteiger partial charge in [-0.3, -0.25) is 0 Å². The molecule has 1 aliphatic rings. The number of pyridine rings is 4. The van der Waals surface area contributed by atoms with Crippen molar-refractivity contribution in [1.29, 1.82) is 0 Å². The lowest BCUT2D eigenvalue weighted by atomic mass is 10.1. The van der Waals surface area contributed by atoms with Crippen molar-refractivity contribution in [2.45, 2.75) is 33.4 Å². The lowest BCUT2D eigenvalue weighted by Gasteiger charge is -2.38. The number of aromatic nitrogens is 4. The fourth-order valence-electron chi connectivity index (χ4n) is 7.01. The summed E-state index contributed by atoms with van der Waals surface area (Å²) in [5.41, 5.74) is 9.88. The number of nitrogens with zero attached hydrogens (tertiary/aromatic N) is 6. The first-order valence-electron chi connectivity index (χ1n) is 18.7. The van der Waals surface area contributed by atoms with Gasteiger partial charge in [0, 0.05) is 91.7 Å². The van der Waals surface area contributed by atoms with Crippen molar-refractivity contribution >= 4 is 79.7 Å². The first-order valence-corrected chi connectivity index (χ1v) is 20.4. The van der Waals surface area contributed by atoms with Gasteiger partial charge in [0.25, 0.3) is 0 Å². The third kappa shape index (κ3) is 7.84. The van der Waals surface area contributed by atoms with Crippen molar-refractivity contribution < 1.29 is 0 Å². The molecule has 0 amide bonds. The van der Waals surface area contributed by atoms with Crippen molar-refractivity contribution in [3.63, 3.8) is 0 Å². The number of hydrogen-bond donors (Lipinski definition) is 2. The van der Waals surface area contributed by atoms with E-state index in [1.807, 2.05) is 50.5 Å². The highest BCUT2D eigenvalue weighted by molar-refractivity contribution is 7.99. The Morgan fingerprint density at radius 1 is 0.464 bits per heavy atom. The van der Waals surface area contributed by atoms with E-state index in [0.717, 1.165) is 92.2 Å². The normalized spacial score (nSPS) is 13.0. The summed E-state index contributed by atoms with van der Waals surface area (Å²) in [6.45, 7) is 7.59. The molecule has 4 aromatic heterocycles. The molecular weight excluding hydrogens is 729 g/mol. The molecule has 0 spiro atoms. The lowest BCUT2D eigenvalue weighted by molar-refractivity contribution is 0.653. The van der Waals surface area contributed by atoms with Gasteiger partial charge in [-0.15, -0.1) is 0 Å². The second kappa shape index (κ2) is 15.9.